The fraction of sp³-hybridized carbons (Fsp3) is 0.929. The Morgan fingerprint density at radius 2 is 1.90 bits per heavy atom. The number of carboxylic acid groups (broad SMARTS) is 1. The summed E-state index contributed by atoms with van der Waals surface area (Å²) in [6, 6.07) is 0. The molecule has 2 aliphatic rings. The first-order valence-electron chi connectivity index (χ1n) is 7.56. The SMILES string of the molecule is CS(=O)(=O)N1CCCC(CC2CCCCC2C(=O)O)C1. The summed E-state index contributed by atoms with van der Waals surface area (Å²) in [4.78, 5) is 11.3. The molecule has 3 atom stereocenters. The summed E-state index contributed by atoms with van der Waals surface area (Å²) in [7, 11) is -3.11. The number of hydrogen-bond acceptors (Lipinski definition) is 3. The van der Waals surface area contributed by atoms with Gasteiger partial charge in [-0.2, -0.15) is 0 Å². The van der Waals surface area contributed by atoms with Crippen molar-refractivity contribution in [3.63, 3.8) is 0 Å². The number of carboxylic acids is 1. The van der Waals surface area contributed by atoms with Crippen molar-refractivity contribution in [1.82, 2.24) is 4.31 Å². The smallest absolute Gasteiger partial charge is 0.306 e. The molecule has 20 heavy (non-hydrogen) atoms. The summed E-state index contributed by atoms with van der Waals surface area (Å²) in [5.74, 6) is -0.350. The highest BCUT2D eigenvalue weighted by Crippen LogP contribution is 2.36. The largest absolute Gasteiger partial charge is 0.481 e. The van der Waals surface area contributed by atoms with Gasteiger partial charge in [0.2, 0.25) is 10.0 Å². The van der Waals surface area contributed by atoms with Crippen LogP contribution < -0.4 is 0 Å². The molecule has 0 amide bonds. The third kappa shape index (κ3) is 3.95. The molecule has 1 aliphatic heterocycles. The van der Waals surface area contributed by atoms with Gasteiger partial charge in [-0.1, -0.05) is 12.8 Å². The highest BCUT2D eigenvalue weighted by molar-refractivity contribution is 7.88. The summed E-state index contributed by atoms with van der Waals surface area (Å²) in [5, 5.41) is 9.31. The van der Waals surface area contributed by atoms with E-state index >= 15 is 0 Å². The van der Waals surface area contributed by atoms with Crippen LogP contribution in [0.25, 0.3) is 0 Å². The average Bonchev–Trinajstić information content (AvgIpc) is 2.38. The van der Waals surface area contributed by atoms with Crippen molar-refractivity contribution in [2.75, 3.05) is 19.3 Å². The van der Waals surface area contributed by atoms with E-state index in [1.807, 2.05) is 0 Å². The van der Waals surface area contributed by atoms with Gasteiger partial charge in [-0.25, -0.2) is 12.7 Å². The zero-order valence-electron chi connectivity index (χ0n) is 12.1. The van der Waals surface area contributed by atoms with E-state index in [1.165, 1.54) is 6.26 Å². The second-order valence-corrected chi connectivity index (χ2v) is 8.34. The van der Waals surface area contributed by atoms with Gasteiger partial charge < -0.3 is 5.11 Å². The fourth-order valence-electron chi connectivity index (χ4n) is 3.76. The van der Waals surface area contributed by atoms with E-state index in [4.69, 9.17) is 0 Å². The van der Waals surface area contributed by atoms with Crippen LogP contribution in [0.3, 0.4) is 0 Å². The van der Waals surface area contributed by atoms with Crippen molar-refractivity contribution in [2.24, 2.45) is 17.8 Å². The minimum atomic E-state index is -3.11. The van der Waals surface area contributed by atoms with Crippen LogP contribution in [0.2, 0.25) is 0 Å². The van der Waals surface area contributed by atoms with Crippen molar-refractivity contribution in [3.05, 3.63) is 0 Å². The summed E-state index contributed by atoms with van der Waals surface area (Å²) in [6.45, 7) is 1.18. The minimum absolute atomic E-state index is 0.225. The maximum Gasteiger partial charge on any atom is 0.306 e. The Kier molecular flexibility index (Phi) is 5.07. The van der Waals surface area contributed by atoms with E-state index in [0.29, 0.717) is 19.0 Å². The summed E-state index contributed by atoms with van der Waals surface area (Å²) in [6.07, 6.45) is 7.91. The molecule has 0 bridgehead atoms. The number of piperidine rings is 1. The summed E-state index contributed by atoms with van der Waals surface area (Å²) < 4.78 is 24.8. The van der Waals surface area contributed by atoms with Gasteiger partial charge in [0.15, 0.2) is 0 Å². The van der Waals surface area contributed by atoms with Crippen molar-refractivity contribution in [1.29, 1.82) is 0 Å². The van der Waals surface area contributed by atoms with Crippen LogP contribution in [0.5, 0.6) is 0 Å². The number of carbonyl (C=O) groups is 1. The maximum absolute atomic E-state index is 11.6. The Labute approximate surface area is 121 Å². The normalized spacial score (nSPS) is 33.0. The van der Waals surface area contributed by atoms with Crippen LogP contribution >= 0.6 is 0 Å². The van der Waals surface area contributed by atoms with Gasteiger partial charge in [-0.05, 0) is 43.9 Å². The third-order valence-corrected chi connectivity index (χ3v) is 6.08. The Morgan fingerprint density at radius 1 is 1.20 bits per heavy atom. The fourth-order valence-corrected chi connectivity index (χ4v) is 4.71. The van der Waals surface area contributed by atoms with E-state index in [-0.39, 0.29) is 11.8 Å². The second-order valence-electron chi connectivity index (χ2n) is 6.35. The van der Waals surface area contributed by atoms with Gasteiger partial charge in [0.05, 0.1) is 12.2 Å². The zero-order valence-corrected chi connectivity index (χ0v) is 12.9. The van der Waals surface area contributed by atoms with Gasteiger partial charge in [0, 0.05) is 13.1 Å². The van der Waals surface area contributed by atoms with Gasteiger partial charge >= 0.3 is 5.97 Å². The Morgan fingerprint density at radius 3 is 2.55 bits per heavy atom. The van der Waals surface area contributed by atoms with Crippen LogP contribution in [0, 0.1) is 17.8 Å². The predicted molar refractivity (Wildman–Crippen MR) is 76.8 cm³/mol. The van der Waals surface area contributed by atoms with Crippen LogP contribution in [0.1, 0.15) is 44.9 Å². The highest BCUT2D eigenvalue weighted by Gasteiger charge is 2.34. The molecule has 2 rings (SSSR count). The lowest BCUT2D eigenvalue weighted by molar-refractivity contribution is -0.145. The maximum atomic E-state index is 11.6. The predicted octanol–water partition coefficient (Wildman–Crippen LogP) is 1.94. The molecule has 116 valence electrons. The van der Waals surface area contributed by atoms with Gasteiger partial charge in [-0.3, -0.25) is 4.79 Å². The molecular weight excluding hydrogens is 278 g/mol. The topological polar surface area (TPSA) is 74.7 Å². The molecule has 0 aromatic carbocycles. The summed E-state index contributed by atoms with van der Waals surface area (Å²) >= 11 is 0. The highest BCUT2D eigenvalue weighted by atomic mass is 32.2. The van der Waals surface area contributed by atoms with E-state index in [0.717, 1.165) is 44.9 Å². The van der Waals surface area contributed by atoms with Crippen LogP contribution in [0.4, 0.5) is 0 Å². The first-order valence-corrected chi connectivity index (χ1v) is 9.40. The van der Waals surface area contributed by atoms with Crippen LogP contribution in [-0.4, -0.2) is 43.1 Å². The molecule has 2 fully saturated rings. The first-order chi connectivity index (χ1) is 9.38. The molecule has 1 N–H and O–H groups in total. The molecule has 0 radical (unpaired) electrons. The number of nitrogens with zero attached hydrogens (tertiary/aromatic N) is 1. The van der Waals surface area contributed by atoms with E-state index < -0.39 is 16.0 Å². The number of aliphatic carboxylic acids is 1. The molecule has 1 aliphatic carbocycles. The number of sulfonamides is 1. The minimum Gasteiger partial charge on any atom is -0.481 e. The lowest BCUT2D eigenvalue weighted by Gasteiger charge is -2.36. The van der Waals surface area contributed by atoms with Gasteiger partial charge in [-0.15, -0.1) is 0 Å². The quantitative estimate of drug-likeness (QED) is 0.861. The lowest BCUT2D eigenvalue weighted by atomic mass is 9.74. The molecule has 0 spiro atoms. The Bertz CT molecular complexity index is 448. The molecule has 6 heteroatoms. The van der Waals surface area contributed by atoms with Crippen molar-refractivity contribution >= 4 is 16.0 Å². The van der Waals surface area contributed by atoms with Gasteiger partial charge in [0.1, 0.15) is 0 Å². The molecule has 0 aromatic rings. The standard InChI is InChI=1S/C14H25NO4S/c1-20(18,19)15-8-4-5-11(10-15)9-12-6-2-3-7-13(12)14(16)17/h11-13H,2-10H2,1H3,(H,16,17). The summed E-state index contributed by atoms with van der Waals surface area (Å²) in [5.41, 5.74) is 0. The molecule has 0 aromatic heterocycles. The second kappa shape index (κ2) is 6.43. The number of hydrogen-bond donors (Lipinski definition) is 1. The Hall–Kier alpha value is -0.620. The van der Waals surface area contributed by atoms with Gasteiger partial charge in [0.25, 0.3) is 0 Å². The van der Waals surface area contributed by atoms with Crippen molar-refractivity contribution < 1.29 is 18.3 Å². The van der Waals surface area contributed by atoms with Crippen molar-refractivity contribution in [3.8, 4) is 0 Å². The lowest BCUT2D eigenvalue weighted by Crippen LogP contribution is -2.40. The average molecular weight is 303 g/mol. The van der Waals surface area contributed by atoms with E-state index in [1.54, 1.807) is 4.31 Å². The van der Waals surface area contributed by atoms with Crippen LogP contribution in [0.15, 0.2) is 0 Å². The van der Waals surface area contributed by atoms with E-state index in [2.05, 4.69) is 0 Å². The molecule has 1 heterocycles. The van der Waals surface area contributed by atoms with Crippen molar-refractivity contribution in [2.45, 2.75) is 44.9 Å². The monoisotopic (exact) mass is 303 g/mol. The number of rotatable bonds is 4. The Balaban J connectivity index is 1.96. The zero-order chi connectivity index (χ0) is 14.8. The van der Waals surface area contributed by atoms with Crippen LogP contribution in [-0.2, 0) is 14.8 Å². The molecule has 1 saturated heterocycles. The van der Waals surface area contributed by atoms with E-state index in [9.17, 15) is 18.3 Å². The molecule has 3 unspecified atom stereocenters. The first kappa shape index (κ1) is 15.8. The third-order valence-electron chi connectivity index (χ3n) is 4.81. The molecular formula is C14H25NO4S. The molecule has 1 saturated carbocycles. The molecule has 5 nitrogen and oxygen atoms in total.